The minimum atomic E-state index is -3.68. The second kappa shape index (κ2) is 6.70. The Labute approximate surface area is 154 Å². The van der Waals surface area contributed by atoms with Crippen molar-refractivity contribution >= 4 is 27.2 Å². The first-order chi connectivity index (χ1) is 12.2. The molecule has 0 unspecified atom stereocenters. The zero-order chi connectivity index (χ0) is 19.1. The summed E-state index contributed by atoms with van der Waals surface area (Å²) in [7, 11) is -1.98. The normalized spacial score (nSPS) is 13.9. The van der Waals surface area contributed by atoms with Gasteiger partial charge in [0.25, 0.3) is 5.91 Å². The largest absolute Gasteiger partial charge is 0.311 e. The van der Waals surface area contributed by atoms with Crippen molar-refractivity contribution in [2.24, 2.45) is 0 Å². The van der Waals surface area contributed by atoms with Gasteiger partial charge in [0.2, 0.25) is 10.0 Å². The highest BCUT2D eigenvalue weighted by Crippen LogP contribution is 2.38. The smallest absolute Gasteiger partial charge is 0.258 e. The number of nitrogens with one attached hydrogen (secondary N) is 1. The van der Waals surface area contributed by atoms with Crippen LogP contribution in [0.1, 0.15) is 30.5 Å². The zero-order valence-electron chi connectivity index (χ0n) is 15.3. The summed E-state index contributed by atoms with van der Waals surface area (Å²) in [5, 5.41) is 0. The van der Waals surface area contributed by atoms with E-state index in [0.29, 0.717) is 11.1 Å². The Morgan fingerprint density at radius 3 is 2.35 bits per heavy atom. The van der Waals surface area contributed by atoms with Crippen LogP contribution in [0.4, 0.5) is 5.69 Å². The van der Waals surface area contributed by atoms with Crippen LogP contribution in [-0.2, 0) is 21.4 Å². The maximum absolute atomic E-state index is 12.7. The summed E-state index contributed by atoms with van der Waals surface area (Å²) < 4.78 is 28.0. The molecule has 6 heteroatoms. The molecule has 1 N–H and O–H groups in total. The van der Waals surface area contributed by atoms with Crippen molar-refractivity contribution in [3.63, 3.8) is 0 Å². The molecule has 0 saturated carbocycles. The second-order valence-electron chi connectivity index (χ2n) is 6.73. The monoisotopic (exact) mass is 370 g/mol. The SMILES string of the molecule is CC(C)=C1C(=O)N(C)c2ccc(S(=O)(=O)NCc3ccc(C)cc3)cc21. The number of hydrogen-bond donors (Lipinski definition) is 1. The van der Waals surface area contributed by atoms with Gasteiger partial charge in [-0.3, -0.25) is 4.79 Å². The Bertz CT molecular complexity index is 1000. The van der Waals surface area contributed by atoms with Crippen LogP contribution in [0.15, 0.2) is 52.9 Å². The Balaban J connectivity index is 1.91. The molecule has 136 valence electrons. The van der Waals surface area contributed by atoms with Gasteiger partial charge in [0.1, 0.15) is 0 Å². The summed E-state index contributed by atoms with van der Waals surface area (Å²) in [5.74, 6) is -0.109. The van der Waals surface area contributed by atoms with Crippen LogP contribution in [0.25, 0.3) is 5.57 Å². The number of carbonyl (C=O) groups is 1. The van der Waals surface area contributed by atoms with E-state index in [1.165, 1.54) is 6.07 Å². The predicted molar refractivity (Wildman–Crippen MR) is 103 cm³/mol. The minimum absolute atomic E-state index is 0.109. The van der Waals surface area contributed by atoms with Crippen LogP contribution in [0.2, 0.25) is 0 Å². The average Bonchev–Trinajstić information content (AvgIpc) is 2.85. The van der Waals surface area contributed by atoms with E-state index in [1.807, 2.05) is 45.0 Å². The summed E-state index contributed by atoms with van der Waals surface area (Å²) >= 11 is 0. The average molecular weight is 370 g/mol. The first-order valence-electron chi connectivity index (χ1n) is 8.36. The topological polar surface area (TPSA) is 66.5 Å². The second-order valence-corrected chi connectivity index (χ2v) is 8.50. The molecule has 1 aliphatic heterocycles. The number of likely N-dealkylation sites (N-methyl/N-ethyl adjacent to an activating group) is 1. The van der Waals surface area contributed by atoms with Crippen LogP contribution in [0, 0.1) is 6.92 Å². The van der Waals surface area contributed by atoms with Gasteiger partial charge in [0.15, 0.2) is 0 Å². The number of fused-ring (bicyclic) bond motifs is 1. The summed E-state index contributed by atoms with van der Waals surface area (Å²) in [6.07, 6.45) is 0. The van der Waals surface area contributed by atoms with E-state index >= 15 is 0 Å². The van der Waals surface area contributed by atoms with E-state index < -0.39 is 10.0 Å². The standard InChI is InChI=1S/C20H22N2O3S/c1-13(2)19-17-11-16(9-10-18(17)22(4)20(19)23)26(24,25)21-12-15-7-5-14(3)6-8-15/h5-11,21H,12H2,1-4H3. The molecule has 0 saturated heterocycles. The number of carbonyl (C=O) groups excluding carboxylic acids is 1. The highest BCUT2D eigenvalue weighted by atomic mass is 32.2. The van der Waals surface area contributed by atoms with Gasteiger partial charge in [-0.1, -0.05) is 35.4 Å². The van der Waals surface area contributed by atoms with Crippen molar-refractivity contribution in [1.29, 1.82) is 0 Å². The number of sulfonamides is 1. The number of allylic oxidation sites excluding steroid dienone is 1. The molecule has 5 nitrogen and oxygen atoms in total. The molecule has 0 aliphatic carbocycles. The lowest BCUT2D eigenvalue weighted by Crippen LogP contribution is -2.23. The molecule has 3 rings (SSSR count). The molecular weight excluding hydrogens is 348 g/mol. The van der Waals surface area contributed by atoms with Crippen molar-refractivity contribution in [1.82, 2.24) is 4.72 Å². The molecular formula is C20H22N2O3S. The molecule has 1 heterocycles. The number of anilines is 1. The van der Waals surface area contributed by atoms with Gasteiger partial charge in [0, 0.05) is 24.7 Å². The maximum Gasteiger partial charge on any atom is 0.258 e. The molecule has 1 aliphatic rings. The highest BCUT2D eigenvalue weighted by molar-refractivity contribution is 7.89. The third-order valence-corrected chi connectivity index (χ3v) is 5.91. The van der Waals surface area contributed by atoms with Crippen molar-refractivity contribution in [2.75, 3.05) is 11.9 Å². The molecule has 0 spiro atoms. The van der Waals surface area contributed by atoms with E-state index in [1.54, 1.807) is 24.1 Å². The molecule has 2 aromatic rings. The number of rotatable bonds is 4. The van der Waals surface area contributed by atoms with Gasteiger partial charge in [-0.05, 0) is 44.5 Å². The molecule has 26 heavy (non-hydrogen) atoms. The van der Waals surface area contributed by atoms with Gasteiger partial charge in [-0.15, -0.1) is 0 Å². The van der Waals surface area contributed by atoms with Gasteiger partial charge in [-0.2, -0.15) is 0 Å². The summed E-state index contributed by atoms with van der Waals surface area (Å²) in [4.78, 5) is 14.1. The van der Waals surface area contributed by atoms with Crippen LogP contribution in [0.3, 0.4) is 0 Å². The van der Waals surface area contributed by atoms with E-state index in [0.717, 1.165) is 22.4 Å². The Morgan fingerprint density at radius 1 is 1.08 bits per heavy atom. The van der Waals surface area contributed by atoms with Gasteiger partial charge in [0.05, 0.1) is 10.6 Å². The Morgan fingerprint density at radius 2 is 1.73 bits per heavy atom. The molecule has 0 aromatic heterocycles. The van der Waals surface area contributed by atoms with Crippen molar-refractivity contribution in [3.8, 4) is 0 Å². The Hall–Kier alpha value is -2.44. The maximum atomic E-state index is 12.7. The Kier molecular flexibility index (Phi) is 4.73. The first-order valence-corrected chi connectivity index (χ1v) is 9.84. The fourth-order valence-electron chi connectivity index (χ4n) is 3.02. The van der Waals surface area contributed by atoms with Gasteiger partial charge >= 0.3 is 0 Å². The minimum Gasteiger partial charge on any atom is -0.311 e. The number of nitrogens with zero attached hydrogens (tertiary/aromatic N) is 1. The quantitative estimate of drug-likeness (QED) is 0.840. The van der Waals surface area contributed by atoms with Gasteiger partial charge < -0.3 is 4.90 Å². The lowest BCUT2D eigenvalue weighted by Gasteiger charge is -2.11. The zero-order valence-corrected chi connectivity index (χ0v) is 16.1. The third-order valence-electron chi connectivity index (χ3n) is 4.51. The number of amides is 1. The van der Waals surface area contributed by atoms with E-state index in [2.05, 4.69) is 4.72 Å². The summed E-state index contributed by atoms with van der Waals surface area (Å²) in [6.45, 7) is 5.91. The van der Waals surface area contributed by atoms with E-state index in [9.17, 15) is 13.2 Å². The van der Waals surface area contributed by atoms with Crippen molar-refractivity contribution in [3.05, 3.63) is 64.7 Å². The molecule has 2 aromatic carbocycles. The predicted octanol–water partition coefficient (Wildman–Crippen LogP) is 3.24. The summed E-state index contributed by atoms with van der Waals surface area (Å²) in [5.41, 5.74) is 4.83. The van der Waals surface area contributed by atoms with Crippen LogP contribution >= 0.6 is 0 Å². The lowest BCUT2D eigenvalue weighted by molar-refractivity contribution is -0.112. The highest BCUT2D eigenvalue weighted by Gasteiger charge is 2.31. The molecule has 0 radical (unpaired) electrons. The van der Waals surface area contributed by atoms with Crippen molar-refractivity contribution in [2.45, 2.75) is 32.2 Å². The summed E-state index contributed by atoms with van der Waals surface area (Å²) in [6, 6.07) is 12.5. The number of benzene rings is 2. The molecule has 1 amide bonds. The van der Waals surface area contributed by atoms with Crippen LogP contribution in [-0.4, -0.2) is 21.4 Å². The lowest BCUT2D eigenvalue weighted by atomic mass is 10.0. The molecule has 0 fully saturated rings. The fourth-order valence-corrected chi connectivity index (χ4v) is 4.06. The van der Waals surface area contributed by atoms with Crippen LogP contribution in [0.5, 0.6) is 0 Å². The molecule has 0 bridgehead atoms. The van der Waals surface area contributed by atoms with Crippen molar-refractivity contribution < 1.29 is 13.2 Å². The number of aryl methyl sites for hydroxylation is 1. The van der Waals surface area contributed by atoms with Gasteiger partial charge in [-0.25, -0.2) is 13.1 Å². The van der Waals surface area contributed by atoms with E-state index in [4.69, 9.17) is 0 Å². The first kappa shape index (κ1) is 18.4. The fraction of sp³-hybridized carbons (Fsp3) is 0.250. The number of hydrogen-bond acceptors (Lipinski definition) is 3. The van der Waals surface area contributed by atoms with Crippen LogP contribution < -0.4 is 9.62 Å². The van der Waals surface area contributed by atoms with E-state index in [-0.39, 0.29) is 17.3 Å². The molecule has 0 atom stereocenters. The third kappa shape index (κ3) is 3.30.